The van der Waals surface area contributed by atoms with Gasteiger partial charge in [-0.15, -0.1) is 0 Å². The number of aromatic nitrogens is 2. The van der Waals surface area contributed by atoms with E-state index in [1.165, 1.54) is 11.1 Å². The Labute approximate surface area is 136 Å². The van der Waals surface area contributed by atoms with Crippen molar-refractivity contribution < 1.29 is 4.74 Å². The van der Waals surface area contributed by atoms with E-state index in [1.54, 1.807) is 7.11 Å². The van der Waals surface area contributed by atoms with Crippen molar-refractivity contribution in [2.24, 2.45) is 0 Å². The van der Waals surface area contributed by atoms with Gasteiger partial charge in [-0.05, 0) is 36.7 Å². The number of thiocarbonyl (C=S) groups is 1. The number of rotatable bonds is 7. The monoisotopic (exact) mass is 318 g/mol. The van der Waals surface area contributed by atoms with Gasteiger partial charge in [0.05, 0.1) is 6.54 Å². The Morgan fingerprint density at radius 2 is 2.14 bits per heavy atom. The zero-order chi connectivity index (χ0) is 15.8. The SMILES string of the molecule is COCCCNC(=S)Nc1ccn(Cc2ccccc2C)n1. The van der Waals surface area contributed by atoms with E-state index in [4.69, 9.17) is 17.0 Å². The third-order valence-corrected chi connectivity index (χ3v) is 3.53. The van der Waals surface area contributed by atoms with Crippen molar-refractivity contribution in [1.82, 2.24) is 15.1 Å². The second kappa shape index (κ2) is 8.51. The minimum atomic E-state index is 0.581. The quantitative estimate of drug-likeness (QED) is 0.607. The topological polar surface area (TPSA) is 51.1 Å². The fourth-order valence-electron chi connectivity index (χ4n) is 2.06. The average Bonchev–Trinajstić information content (AvgIpc) is 2.93. The van der Waals surface area contributed by atoms with Crippen LogP contribution < -0.4 is 10.6 Å². The van der Waals surface area contributed by atoms with Gasteiger partial charge < -0.3 is 15.4 Å². The Morgan fingerprint density at radius 1 is 1.32 bits per heavy atom. The molecule has 0 aliphatic carbocycles. The van der Waals surface area contributed by atoms with E-state index < -0.39 is 0 Å². The summed E-state index contributed by atoms with van der Waals surface area (Å²) >= 11 is 5.23. The highest BCUT2D eigenvalue weighted by Gasteiger charge is 2.03. The Morgan fingerprint density at radius 3 is 2.91 bits per heavy atom. The highest BCUT2D eigenvalue weighted by Crippen LogP contribution is 2.10. The zero-order valence-corrected chi connectivity index (χ0v) is 13.8. The van der Waals surface area contributed by atoms with Gasteiger partial charge in [0.15, 0.2) is 10.9 Å². The predicted molar refractivity (Wildman–Crippen MR) is 93.2 cm³/mol. The van der Waals surface area contributed by atoms with Crippen LogP contribution in [0.25, 0.3) is 0 Å². The Balaban J connectivity index is 1.84. The number of hydrogen-bond donors (Lipinski definition) is 2. The van der Waals surface area contributed by atoms with Crippen molar-refractivity contribution in [2.75, 3.05) is 25.6 Å². The van der Waals surface area contributed by atoms with Crippen molar-refractivity contribution >= 4 is 23.1 Å². The summed E-state index contributed by atoms with van der Waals surface area (Å²) in [5, 5.41) is 11.3. The van der Waals surface area contributed by atoms with E-state index >= 15 is 0 Å². The molecular weight excluding hydrogens is 296 g/mol. The number of methoxy groups -OCH3 is 1. The Hall–Kier alpha value is -1.92. The summed E-state index contributed by atoms with van der Waals surface area (Å²) in [5.41, 5.74) is 2.53. The third kappa shape index (κ3) is 5.13. The standard InChI is InChI=1S/C16H22N4OS/c1-13-6-3-4-7-14(13)12-20-10-8-15(19-20)18-16(22)17-9-5-11-21-2/h3-4,6-8,10H,5,9,11-12H2,1-2H3,(H2,17,18,19,22). The summed E-state index contributed by atoms with van der Waals surface area (Å²) in [6, 6.07) is 10.2. The van der Waals surface area contributed by atoms with E-state index in [0.29, 0.717) is 5.11 Å². The van der Waals surface area contributed by atoms with Crippen LogP contribution in [0.1, 0.15) is 17.5 Å². The number of nitrogens with zero attached hydrogens (tertiary/aromatic N) is 2. The molecule has 0 amide bonds. The first kappa shape index (κ1) is 16.5. The van der Waals surface area contributed by atoms with Gasteiger partial charge in [0, 0.05) is 32.5 Å². The number of benzene rings is 1. The fourth-order valence-corrected chi connectivity index (χ4v) is 2.26. The second-order valence-electron chi connectivity index (χ2n) is 5.05. The summed E-state index contributed by atoms with van der Waals surface area (Å²) < 4.78 is 6.89. The summed E-state index contributed by atoms with van der Waals surface area (Å²) in [7, 11) is 1.69. The molecule has 6 heteroatoms. The van der Waals surface area contributed by atoms with Crippen LogP contribution in [0.4, 0.5) is 5.82 Å². The highest BCUT2D eigenvalue weighted by molar-refractivity contribution is 7.80. The molecule has 0 spiro atoms. The zero-order valence-electron chi connectivity index (χ0n) is 13.0. The third-order valence-electron chi connectivity index (χ3n) is 3.29. The molecule has 118 valence electrons. The van der Waals surface area contributed by atoms with E-state index in [1.807, 2.05) is 29.1 Å². The lowest BCUT2D eigenvalue weighted by molar-refractivity contribution is 0.196. The molecule has 1 aromatic carbocycles. The number of anilines is 1. The van der Waals surface area contributed by atoms with Gasteiger partial charge >= 0.3 is 0 Å². The van der Waals surface area contributed by atoms with Gasteiger partial charge in [-0.1, -0.05) is 24.3 Å². The van der Waals surface area contributed by atoms with Crippen molar-refractivity contribution in [3.63, 3.8) is 0 Å². The molecule has 0 bridgehead atoms. The lowest BCUT2D eigenvalue weighted by atomic mass is 10.1. The van der Waals surface area contributed by atoms with Gasteiger partial charge in [0.2, 0.25) is 0 Å². The smallest absolute Gasteiger partial charge is 0.171 e. The average molecular weight is 318 g/mol. The first-order valence-electron chi connectivity index (χ1n) is 7.31. The normalized spacial score (nSPS) is 10.5. The van der Waals surface area contributed by atoms with Crippen molar-refractivity contribution in [1.29, 1.82) is 0 Å². The molecule has 0 aliphatic rings. The molecular formula is C16H22N4OS. The largest absolute Gasteiger partial charge is 0.385 e. The molecule has 2 N–H and O–H groups in total. The predicted octanol–water partition coefficient (Wildman–Crippen LogP) is 2.56. The van der Waals surface area contributed by atoms with E-state index in [0.717, 1.165) is 31.9 Å². The summed E-state index contributed by atoms with van der Waals surface area (Å²) in [6.45, 7) is 4.36. The molecule has 0 radical (unpaired) electrons. The molecule has 1 heterocycles. The van der Waals surface area contributed by atoms with Gasteiger partial charge in [-0.25, -0.2) is 0 Å². The molecule has 0 saturated heterocycles. The van der Waals surface area contributed by atoms with E-state index in [2.05, 4.69) is 34.8 Å². The van der Waals surface area contributed by atoms with Crippen LogP contribution in [-0.4, -0.2) is 35.2 Å². The maximum absolute atomic E-state index is 5.23. The molecule has 0 fully saturated rings. The number of nitrogens with one attached hydrogen (secondary N) is 2. The minimum absolute atomic E-state index is 0.581. The van der Waals surface area contributed by atoms with Crippen LogP contribution in [0, 0.1) is 6.92 Å². The summed E-state index contributed by atoms with van der Waals surface area (Å²) in [6.07, 6.45) is 2.86. The van der Waals surface area contributed by atoms with Crippen molar-refractivity contribution in [3.8, 4) is 0 Å². The van der Waals surface area contributed by atoms with Crippen LogP contribution in [0.3, 0.4) is 0 Å². The fraction of sp³-hybridized carbons (Fsp3) is 0.375. The van der Waals surface area contributed by atoms with Gasteiger partial charge in [-0.3, -0.25) is 4.68 Å². The molecule has 0 aliphatic heterocycles. The van der Waals surface area contributed by atoms with Crippen molar-refractivity contribution in [2.45, 2.75) is 19.9 Å². The second-order valence-corrected chi connectivity index (χ2v) is 5.46. The molecule has 1 aromatic heterocycles. The van der Waals surface area contributed by atoms with Crippen LogP contribution >= 0.6 is 12.2 Å². The van der Waals surface area contributed by atoms with Gasteiger partial charge in [0.1, 0.15) is 0 Å². The molecule has 22 heavy (non-hydrogen) atoms. The van der Waals surface area contributed by atoms with Crippen LogP contribution in [0.2, 0.25) is 0 Å². The van der Waals surface area contributed by atoms with Crippen LogP contribution in [-0.2, 0) is 11.3 Å². The summed E-state index contributed by atoms with van der Waals surface area (Å²) in [4.78, 5) is 0. The van der Waals surface area contributed by atoms with Gasteiger partial charge in [0.25, 0.3) is 0 Å². The lowest BCUT2D eigenvalue weighted by Crippen LogP contribution is -2.30. The maximum Gasteiger partial charge on any atom is 0.171 e. The molecule has 0 unspecified atom stereocenters. The first-order chi connectivity index (χ1) is 10.7. The maximum atomic E-state index is 5.23. The van der Waals surface area contributed by atoms with E-state index in [9.17, 15) is 0 Å². The summed E-state index contributed by atoms with van der Waals surface area (Å²) in [5.74, 6) is 0.748. The number of hydrogen-bond acceptors (Lipinski definition) is 3. The van der Waals surface area contributed by atoms with Crippen LogP contribution in [0.15, 0.2) is 36.5 Å². The molecule has 0 atom stereocenters. The highest BCUT2D eigenvalue weighted by atomic mass is 32.1. The van der Waals surface area contributed by atoms with Crippen LogP contribution in [0.5, 0.6) is 0 Å². The molecule has 2 aromatic rings. The Bertz CT molecular complexity index is 612. The molecule has 2 rings (SSSR count). The Kier molecular flexibility index (Phi) is 6.36. The van der Waals surface area contributed by atoms with Crippen molar-refractivity contribution in [3.05, 3.63) is 47.7 Å². The lowest BCUT2D eigenvalue weighted by Gasteiger charge is -2.08. The molecule has 5 nitrogen and oxygen atoms in total. The van der Waals surface area contributed by atoms with Gasteiger partial charge in [-0.2, -0.15) is 5.10 Å². The minimum Gasteiger partial charge on any atom is -0.385 e. The number of ether oxygens (including phenoxy) is 1. The first-order valence-corrected chi connectivity index (χ1v) is 7.71. The molecule has 0 saturated carbocycles. The number of aryl methyl sites for hydroxylation is 1. The van der Waals surface area contributed by atoms with E-state index in [-0.39, 0.29) is 0 Å².